The molecule has 14 nitrogen and oxygen atoms in total. The summed E-state index contributed by atoms with van der Waals surface area (Å²) in [5.74, 6) is 4.50. The lowest BCUT2D eigenvalue weighted by molar-refractivity contribution is 0.00562. The standard InChI is InChI=1S/C34H43N3O5.C29H35N3O3/c1-23-19-32(38)36(29-21-26(25-6-7-25)8-9-28(23)29)16-15-35-13-11-27(12-14-35)37(33(39)42-34(2,3)4)22-24-5-10-30-31(20-24)41-18-17-40-30;1-20-16-29(33)32(26-18-23(22-3-4-22)5-6-25(20)26)13-12-31-10-8-24(9-11-31)30-19-21-2-7-27-28(17-21)35-15-14-34-27/h5,8-10,19-21,25,27H,6-7,11-18,22H2,1-4H3;2,5-7,16-18,22,24,30H,3-4,8-15,19H2,1H3. The summed E-state index contributed by atoms with van der Waals surface area (Å²) in [5.41, 5.74) is 8.84. The first-order valence-electron chi connectivity index (χ1n) is 28.5. The first-order chi connectivity index (χ1) is 37.3. The van der Waals surface area contributed by atoms with Gasteiger partial charge in [-0.05, 0) is 181 Å². The van der Waals surface area contributed by atoms with Gasteiger partial charge in [-0.15, -0.1) is 0 Å². The van der Waals surface area contributed by atoms with Crippen LogP contribution in [0.2, 0.25) is 0 Å². The van der Waals surface area contributed by atoms with Crippen LogP contribution < -0.4 is 35.4 Å². The van der Waals surface area contributed by atoms with Crippen molar-refractivity contribution in [3.8, 4) is 23.0 Å². The number of nitrogens with zero attached hydrogens (tertiary/aromatic N) is 5. The van der Waals surface area contributed by atoms with Gasteiger partial charge >= 0.3 is 6.09 Å². The van der Waals surface area contributed by atoms with Gasteiger partial charge in [0, 0.05) is 87.3 Å². The Bertz CT molecular complexity index is 3210. The molecule has 0 atom stereocenters. The van der Waals surface area contributed by atoms with E-state index in [1.165, 1.54) is 47.8 Å². The second kappa shape index (κ2) is 22.9. The van der Waals surface area contributed by atoms with Gasteiger partial charge in [0.2, 0.25) is 0 Å². The van der Waals surface area contributed by atoms with E-state index in [0.717, 1.165) is 134 Å². The SMILES string of the molecule is Cc1cc(=O)n(CCN2CCC(N(Cc3ccc4c(c3)OCCO4)C(=O)OC(C)(C)C)CC2)c2cc(C3CC3)ccc12.Cc1cc(=O)n(CCN2CCC(NCc3ccc4c(c3)OCCO4)CC2)c2cc(C3CC3)ccc12. The van der Waals surface area contributed by atoms with Crippen molar-refractivity contribution < 1.29 is 28.5 Å². The van der Waals surface area contributed by atoms with Crippen LogP contribution in [-0.2, 0) is 30.9 Å². The molecule has 6 heterocycles. The van der Waals surface area contributed by atoms with E-state index in [0.29, 0.717) is 57.4 Å². The number of likely N-dealkylation sites (tertiary alicyclic amines) is 2. The molecule has 12 rings (SSSR count). The van der Waals surface area contributed by atoms with Crippen LogP contribution in [0.4, 0.5) is 4.79 Å². The number of piperidine rings is 2. The van der Waals surface area contributed by atoms with Crippen molar-refractivity contribution in [3.05, 3.63) is 139 Å². The summed E-state index contributed by atoms with van der Waals surface area (Å²) in [5, 5.41) is 6.08. The summed E-state index contributed by atoms with van der Waals surface area (Å²) in [7, 11) is 0. The van der Waals surface area contributed by atoms with Crippen molar-refractivity contribution >= 4 is 27.9 Å². The number of nitrogens with one attached hydrogen (secondary N) is 1. The number of aromatic nitrogens is 2. The van der Waals surface area contributed by atoms with Crippen molar-refractivity contribution in [1.29, 1.82) is 0 Å². The first-order valence-corrected chi connectivity index (χ1v) is 28.5. The van der Waals surface area contributed by atoms with Crippen LogP contribution >= 0.6 is 0 Å². The molecule has 1 amide bonds. The summed E-state index contributed by atoms with van der Waals surface area (Å²) < 4.78 is 32.6. The van der Waals surface area contributed by atoms with Gasteiger partial charge in [0.1, 0.15) is 32.0 Å². The summed E-state index contributed by atoms with van der Waals surface area (Å²) in [6, 6.07) is 29.7. The van der Waals surface area contributed by atoms with E-state index in [4.69, 9.17) is 23.7 Å². The Morgan fingerprint density at radius 1 is 0.571 bits per heavy atom. The van der Waals surface area contributed by atoms with Gasteiger partial charge in [-0.2, -0.15) is 0 Å². The van der Waals surface area contributed by atoms with Gasteiger partial charge in [0.15, 0.2) is 23.0 Å². The number of hydrogen-bond donors (Lipinski definition) is 1. The number of rotatable bonds is 14. The lowest BCUT2D eigenvalue weighted by Gasteiger charge is -2.39. The Hall–Kier alpha value is -6.35. The van der Waals surface area contributed by atoms with Crippen molar-refractivity contribution in [2.24, 2.45) is 0 Å². The van der Waals surface area contributed by atoms with Crippen LogP contribution in [0.3, 0.4) is 0 Å². The van der Waals surface area contributed by atoms with Gasteiger partial charge < -0.3 is 52.8 Å². The quantitative estimate of drug-likeness (QED) is 0.112. The summed E-state index contributed by atoms with van der Waals surface area (Å²) >= 11 is 0. The lowest BCUT2D eigenvalue weighted by atomic mass is 10.0. The van der Waals surface area contributed by atoms with Gasteiger partial charge in [0.25, 0.3) is 11.1 Å². The molecular formula is C63H78N6O8. The molecule has 2 aromatic heterocycles. The predicted octanol–water partition coefficient (Wildman–Crippen LogP) is 10.1. The van der Waals surface area contributed by atoms with E-state index in [2.05, 4.69) is 63.6 Å². The van der Waals surface area contributed by atoms with Crippen LogP contribution in [0.5, 0.6) is 23.0 Å². The molecular weight excluding hydrogens is 969 g/mol. The molecule has 4 aliphatic heterocycles. The number of hydrogen-bond acceptors (Lipinski definition) is 11. The number of ether oxygens (including phenoxy) is 5. The van der Waals surface area contributed by atoms with E-state index in [1.807, 2.05) is 72.9 Å². The molecule has 0 unspecified atom stereocenters. The number of amides is 1. The maximum Gasteiger partial charge on any atom is 0.410 e. The molecule has 408 valence electrons. The molecule has 14 heteroatoms. The molecule has 0 spiro atoms. The zero-order valence-corrected chi connectivity index (χ0v) is 46.0. The van der Waals surface area contributed by atoms with Gasteiger partial charge in [-0.3, -0.25) is 9.59 Å². The molecule has 0 bridgehead atoms. The van der Waals surface area contributed by atoms with E-state index in [9.17, 15) is 14.4 Å². The van der Waals surface area contributed by atoms with Crippen molar-refractivity contribution in [2.75, 3.05) is 65.7 Å². The third-order valence-electron chi connectivity index (χ3n) is 16.4. The Morgan fingerprint density at radius 3 is 1.53 bits per heavy atom. The van der Waals surface area contributed by atoms with E-state index >= 15 is 0 Å². The van der Waals surface area contributed by atoms with Crippen LogP contribution in [0.15, 0.2) is 94.5 Å². The second-order valence-corrected chi connectivity index (χ2v) is 23.4. The van der Waals surface area contributed by atoms with Gasteiger partial charge in [0.05, 0.1) is 11.0 Å². The summed E-state index contributed by atoms with van der Waals surface area (Å²) in [6.07, 6.45) is 8.69. The number of fused-ring (bicyclic) bond motifs is 4. The van der Waals surface area contributed by atoms with Gasteiger partial charge in [-0.25, -0.2) is 4.79 Å². The fourth-order valence-electron chi connectivity index (χ4n) is 11.7. The molecule has 2 saturated heterocycles. The lowest BCUT2D eigenvalue weighted by Crippen LogP contribution is -2.49. The van der Waals surface area contributed by atoms with Crippen LogP contribution in [-0.4, -0.2) is 113 Å². The van der Waals surface area contributed by atoms with Gasteiger partial charge in [-0.1, -0.05) is 36.4 Å². The van der Waals surface area contributed by atoms with E-state index < -0.39 is 5.60 Å². The fourth-order valence-corrected chi connectivity index (χ4v) is 11.7. The maximum absolute atomic E-state index is 13.4. The van der Waals surface area contributed by atoms with Crippen LogP contribution in [0.1, 0.15) is 117 Å². The Labute approximate surface area is 453 Å². The Balaban J connectivity index is 0.000000166. The molecule has 1 N–H and O–H groups in total. The highest BCUT2D eigenvalue weighted by Crippen LogP contribution is 2.42. The number of benzene rings is 4. The molecule has 6 aliphatic rings. The van der Waals surface area contributed by atoms with E-state index in [-0.39, 0.29) is 23.3 Å². The third-order valence-corrected chi connectivity index (χ3v) is 16.4. The summed E-state index contributed by atoms with van der Waals surface area (Å²) in [4.78, 5) is 46.2. The largest absolute Gasteiger partial charge is 0.486 e. The molecule has 6 aromatic rings. The second-order valence-electron chi connectivity index (χ2n) is 23.4. The molecule has 77 heavy (non-hydrogen) atoms. The first kappa shape index (κ1) is 52.7. The Morgan fingerprint density at radius 2 is 1.04 bits per heavy atom. The summed E-state index contributed by atoms with van der Waals surface area (Å²) in [6.45, 7) is 20.3. The minimum Gasteiger partial charge on any atom is -0.486 e. The topological polar surface area (TPSA) is 129 Å². The third kappa shape index (κ3) is 12.8. The van der Waals surface area contributed by atoms with Crippen molar-refractivity contribution in [3.63, 3.8) is 0 Å². The maximum atomic E-state index is 13.4. The number of pyridine rings is 2. The average Bonchev–Trinajstić information content (AvgIpc) is 4.39. The molecule has 0 radical (unpaired) electrons. The smallest absolute Gasteiger partial charge is 0.410 e. The number of aryl methyl sites for hydroxylation is 2. The minimum absolute atomic E-state index is 0.0633. The highest BCUT2D eigenvalue weighted by atomic mass is 16.6. The van der Waals surface area contributed by atoms with E-state index in [1.54, 1.807) is 12.1 Å². The average molecular weight is 1050 g/mol. The predicted molar refractivity (Wildman–Crippen MR) is 302 cm³/mol. The zero-order chi connectivity index (χ0) is 53.2. The fraction of sp³-hybridized carbons (Fsp3) is 0.508. The minimum atomic E-state index is -0.577. The Kier molecular flexibility index (Phi) is 15.7. The number of carbonyl (C=O) groups is 1. The highest BCUT2D eigenvalue weighted by Gasteiger charge is 2.32. The molecule has 4 aromatic carbocycles. The molecule has 2 aliphatic carbocycles. The number of carbonyl (C=O) groups excluding carboxylic acids is 1. The zero-order valence-electron chi connectivity index (χ0n) is 46.0. The van der Waals surface area contributed by atoms with Crippen molar-refractivity contribution in [2.45, 2.75) is 142 Å². The monoisotopic (exact) mass is 1050 g/mol. The van der Waals surface area contributed by atoms with Crippen LogP contribution in [0, 0.1) is 13.8 Å². The molecule has 2 saturated carbocycles. The normalized spacial score (nSPS) is 18.2. The van der Waals surface area contributed by atoms with Crippen LogP contribution in [0.25, 0.3) is 21.8 Å². The van der Waals surface area contributed by atoms with Crippen molar-refractivity contribution in [1.82, 2.24) is 29.2 Å². The highest BCUT2D eigenvalue weighted by molar-refractivity contribution is 5.84. The molecule has 4 fully saturated rings.